The quantitative estimate of drug-likeness (QED) is 0.519. The van der Waals surface area contributed by atoms with Gasteiger partial charge in [-0.2, -0.15) is 0 Å². The zero-order chi connectivity index (χ0) is 16.4. The number of Topliss-reactive ketones (excluding diaryl/α,β-unsaturated/α-hetero) is 1. The first kappa shape index (κ1) is 16.4. The van der Waals surface area contributed by atoms with Gasteiger partial charge in [-0.25, -0.2) is 0 Å². The minimum Gasteiger partial charge on any atom is -0.371 e. The first-order valence-corrected chi connectivity index (χ1v) is 7.04. The van der Waals surface area contributed by atoms with E-state index in [0.717, 1.165) is 0 Å². The highest BCUT2D eigenvalue weighted by molar-refractivity contribution is 6.32. The van der Waals surface area contributed by atoms with Gasteiger partial charge in [-0.3, -0.25) is 19.7 Å². The van der Waals surface area contributed by atoms with E-state index in [1.54, 1.807) is 0 Å². The molecular weight excluding hydrogens is 312 g/mol. The van der Waals surface area contributed by atoms with E-state index in [1.165, 1.54) is 26.2 Å². The van der Waals surface area contributed by atoms with Gasteiger partial charge in [0.1, 0.15) is 6.10 Å². The molecule has 0 heterocycles. The summed E-state index contributed by atoms with van der Waals surface area (Å²) in [7, 11) is 1.36. The Balaban J connectivity index is 2.50. The number of carbonyl (C=O) groups excluding carboxylic acids is 2. The summed E-state index contributed by atoms with van der Waals surface area (Å²) >= 11 is 6.09. The van der Waals surface area contributed by atoms with E-state index in [9.17, 15) is 19.7 Å². The molecule has 0 radical (unpaired) electrons. The molecule has 0 spiro atoms. The number of ketones is 1. The predicted molar refractivity (Wildman–Crippen MR) is 79.2 cm³/mol. The summed E-state index contributed by atoms with van der Waals surface area (Å²) in [5.74, 6) is -0.692. The van der Waals surface area contributed by atoms with Crippen LogP contribution in [0.1, 0.15) is 29.3 Å². The number of ether oxygens (including phenoxy) is 1. The van der Waals surface area contributed by atoms with Crippen LogP contribution in [0.5, 0.6) is 0 Å². The SMILES string of the molecule is CO[C@@H]1C(=O)c2cc([N+](=O)[O-])cc(Cl)c2CCC1NC(C)=O. The first-order chi connectivity index (χ1) is 10.3. The Labute approximate surface area is 131 Å². The second-order valence-corrected chi connectivity index (χ2v) is 5.48. The Morgan fingerprint density at radius 1 is 1.50 bits per heavy atom. The molecule has 1 aliphatic rings. The van der Waals surface area contributed by atoms with Crippen molar-refractivity contribution in [1.29, 1.82) is 0 Å². The maximum absolute atomic E-state index is 12.6. The third kappa shape index (κ3) is 3.10. The molecule has 22 heavy (non-hydrogen) atoms. The third-order valence-corrected chi connectivity index (χ3v) is 3.97. The molecule has 0 saturated heterocycles. The second kappa shape index (κ2) is 6.41. The molecule has 1 aromatic carbocycles. The number of benzene rings is 1. The zero-order valence-corrected chi connectivity index (χ0v) is 12.8. The molecule has 2 rings (SSSR count). The van der Waals surface area contributed by atoms with Crippen LogP contribution < -0.4 is 5.32 Å². The molecule has 0 aliphatic heterocycles. The Hall–Kier alpha value is -1.99. The van der Waals surface area contributed by atoms with Crippen molar-refractivity contribution in [3.63, 3.8) is 0 Å². The van der Waals surface area contributed by atoms with E-state index in [1.807, 2.05) is 0 Å². The van der Waals surface area contributed by atoms with Crippen molar-refractivity contribution >= 4 is 29.0 Å². The number of hydrogen-bond acceptors (Lipinski definition) is 5. The summed E-state index contributed by atoms with van der Waals surface area (Å²) in [6, 6.07) is 1.94. The smallest absolute Gasteiger partial charge is 0.271 e. The van der Waals surface area contributed by atoms with Crippen molar-refractivity contribution in [2.45, 2.75) is 31.9 Å². The first-order valence-electron chi connectivity index (χ1n) is 6.66. The molecule has 0 bridgehead atoms. The van der Waals surface area contributed by atoms with Crippen LogP contribution in [0.4, 0.5) is 5.69 Å². The van der Waals surface area contributed by atoms with Gasteiger partial charge in [0.2, 0.25) is 5.91 Å². The Morgan fingerprint density at radius 2 is 2.18 bits per heavy atom. The largest absolute Gasteiger partial charge is 0.371 e. The van der Waals surface area contributed by atoms with Crippen molar-refractivity contribution in [2.75, 3.05) is 7.11 Å². The number of hydrogen-bond donors (Lipinski definition) is 1. The fourth-order valence-electron chi connectivity index (χ4n) is 2.67. The standard InChI is InChI=1S/C14H15ClN2O5/c1-7(18)16-12-4-3-9-10(13(19)14(12)22-2)5-8(17(20)21)6-11(9)15/h5-6,12,14H,3-4H2,1-2H3,(H,16,18)/t12?,14-/m0/s1. The van der Waals surface area contributed by atoms with Gasteiger partial charge in [0.05, 0.1) is 16.0 Å². The van der Waals surface area contributed by atoms with Crippen molar-refractivity contribution in [3.8, 4) is 0 Å². The van der Waals surface area contributed by atoms with E-state index in [0.29, 0.717) is 18.4 Å². The predicted octanol–water partition coefficient (Wildman–Crippen LogP) is 1.90. The summed E-state index contributed by atoms with van der Waals surface area (Å²) in [5, 5.41) is 13.8. The number of halogens is 1. The number of amides is 1. The number of nitro groups is 1. The van der Waals surface area contributed by atoms with Crippen LogP contribution in [0, 0.1) is 10.1 Å². The van der Waals surface area contributed by atoms with Crippen molar-refractivity contribution < 1.29 is 19.2 Å². The number of nitrogens with one attached hydrogen (secondary N) is 1. The highest BCUT2D eigenvalue weighted by atomic mass is 35.5. The highest BCUT2D eigenvalue weighted by Gasteiger charge is 2.35. The average molecular weight is 327 g/mol. The lowest BCUT2D eigenvalue weighted by atomic mass is 10.00. The van der Waals surface area contributed by atoms with E-state index in [2.05, 4.69) is 5.32 Å². The van der Waals surface area contributed by atoms with Gasteiger partial charge in [-0.15, -0.1) is 0 Å². The van der Waals surface area contributed by atoms with Crippen molar-refractivity contribution in [3.05, 3.63) is 38.4 Å². The van der Waals surface area contributed by atoms with Crippen molar-refractivity contribution in [2.24, 2.45) is 0 Å². The summed E-state index contributed by atoms with van der Waals surface area (Å²) in [4.78, 5) is 34.3. The molecule has 1 aliphatic carbocycles. The van der Waals surface area contributed by atoms with Gasteiger partial charge in [0.15, 0.2) is 5.78 Å². The lowest BCUT2D eigenvalue weighted by Crippen LogP contribution is -2.46. The number of non-ortho nitro benzene ring substituents is 1. The van der Waals surface area contributed by atoms with Crippen LogP contribution in [0.15, 0.2) is 12.1 Å². The van der Waals surface area contributed by atoms with Crippen LogP contribution in [0.3, 0.4) is 0 Å². The van der Waals surface area contributed by atoms with Crippen LogP contribution in [0.25, 0.3) is 0 Å². The second-order valence-electron chi connectivity index (χ2n) is 5.08. The van der Waals surface area contributed by atoms with Gasteiger partial charge in [0.25, 0.3) is 5.69 Å². The number of methoxy groups -OCH3 is 1. The molecule has 1 aromatic rings. The minimum atomic E-state index is -0.900. The van der Waals surface area contributed by atoms with Gasteiger partial charge in [0, 0.05) is 31.7 Å². The molecule has 1 unspecified atom stereocenters. The average Bonchev–Trinajstić information content (AvgIpc) is 2.56. The van der Waals surface area contributed by atoms with Crippen LogP contribution in [-0.4, -0.2) is 35.9 Å². The summed E-state index contributed by atoms with van der Waals surface area (Å²) < 4.78 is 5.22. The van der Waals surface area contributed by atoms with E-state index >= 15 is 0 Å². The molecule has 0 saturated carbocycles. The lowest BCUT2D eigenvalue weighted by Gasteiger charge is -2.23. The molecule has 1 amide bonds. The minimum absolute atomic E-state index is 0.177. The van der Waals surface area contributed by atoms with Gasteiger partial charge >= 0.3 is 0 Å². The fraction of sp³-hybridized carbons (Fsp3) is 0.429. The van der Waals surface area contributed by atoms with Gasteiger partial charge in [-0.05, 0) is 18.4 Å². The molecule has 7 nitrogen and oxygen atoms in total. The number of fused-ring (bicyclic) bond motifs is 1. The topological polar surface area (TPSA) is 98.5 Å². The summed E-state index contributed by atoms with van der Waals surface area (Å²) in [5.41, 5.74) is 0.482. The summed E-state index contributed by atoms with van der Waals surface area (Å²) in [6.07, 6.45) is -0.0277. The Morgan fingerprint density at radius 3 is 2.73 bits per heavy atom. The molecule has 0 aromatic heterocycles. The van der Waals surface area contributed by atoms with Crippen LogP contribution in [-0.2, 0) is 16.0 Å². The molecule has 0 fully saturated rings. The van der Waals surface area contributed by atoms with Gasteiger partial charge < -0.3 is 10.1 Å². The zero-order valence-electron chi connectivity index (χ0n) is 12.1. The van der Waals surface area contributed by atoms with Gasteiger partial charge in [-0.1, -0.05) is 11.6 Å². The van der Waals surface area contributed by atoms with E-state index in [-0.39, 0.29) is 22.2 Å². The monoisotopic (exact) mass is 326 g/mol. The number of nitrogens with zero attached hydrogens (tertiary/aromatic N) is 1. The maximum atomic E-state index is 12.6. The molecule has 118 valence electrons. The Bertz CT molecular complexity index is 646. The highest BCUT2D eigenvalue weighted by Crippen LogP contribution is 2.32. The normalized spacial score (nSPS) is 21.0. The number of nitro benzene ring substituents is 1. The molecular formula is C14H15ClN2O5. The molecule has 2 atom stereocenters. The molecule has 8 heteroatoms. The van der Waals surface area contributed by atoms with Crippen LogP contribution >= 0.6 is 11.6 Å². The molecule has 1 N–H and O–H groups in total. The van der Waals surface area contributed by atoms with Crippen LogP contribution in [0.2, 0.25) is 5.02 Å². The lowest BCUT2D eigenvalue weighted by molar-refractivity contribution is -0.384. The Kier molecular flexibility index (Phi) is 4.77. The maximum Gasteiger partial charge on any atom is 0.271 e. The number of rotatable bonds is 3. The fourth-order valence-corrected chi connectivity index (χ4v) is 2.98. The van der Waals surface area contributed by atoms with E-state index in [4.69, 9.17) is 16.3 Å². The number of carbonyl (C=O) groups is 2. The van der Waals surface area contributed by atoms with E-state index < -0.39 is 22.9 Å². The van der Waals surface area contributed by atoms with Crippen molar-refractivity contribution in [1.82, 2.24) is 5.32 Å². The summed E-state index contributed by atoms with van der Waals surface area (Å²) in [6.45, 7) is 1.35. The third-order valence-electron chi connectivity index (χ3n) is 3.63.